The van der Waals surface area contributed by atoms with Crippen LogP contribution >= 0.6 is 0 Å². The van der Waals surface area contributed by atoms with Gasteiger partial charge in [-0.2, -0.15) is 0 Å². The molecule has 0 aromatic carbocycles. The number of nitrogens with zero attached hydrogens (tertiary/aromatic N) is 3. The Morgan fingerprint density at radius 1 is 1.50 bits per heavy atom. The van der Waals surface area contributed by atoms with Crippen molar-refractivity contribution in [1.82, 2.24) is 14.5 Å². The molecule has 0 aliphatic carbocycles. The highest BCUT2D eigenvalue weighted by Crippen LogP contribution is 2.29. The Kier molecular flexibility index (Phi) is 3.77. The zero-order valence-electron chi connectivity index (χ0n) is 12.7. The highest BCUT2D eigenvalue weighted by Gasteiger charge is 2.38. The molecular weight excluding hydrogens is 256 g/mol. The number of likely N-dealkylation sites (tertiary alicyclic amines) is 1. The Morgan fingerprint density at radius 2 is 2.20 bits per heavy atom. The lowest BCUT2D eigenvalue weighted by Crippen LogP contribution is -2.55. The number of rotatable bonds is 1. The second-order valence-electron chi connectivity index (χ2n) is 6.55. The Hall–Kier alpha value is -1.56. The van der Waals surface area contributed by atoms with Crippen LogP contribution in [0.4, 0.5) is 4.79 Å². The van der Waals surface area contributed by atoms with Gasteiger partial charge in [-0.05, 0) is 33.6 Å². The minimum atomic E-state index is -0.555. The summed E-state index contributed by atoms with van der Waals surface area (Å²) in [4.78, 5) is 18.0. The van der Waals surface area contributed by atoms with Gasteiger partial charge in [-0.3, -0.25) is 0 Å². The van der Waals surface area contributed by atoms with Crippen LogP contribution in [-0.2, 0) is 17.3 Å². The van der Waals surface area contributed by atoms with E-state index in [1.54, 1.807) is 17.4 Å². The number of hydrogen-bond acceptors (Lipinski definition) is 4. The molecule has 1 aromatic rings. The van der Waals surface area contributed by atoms with Crippen molar-refractivity contribution in [3.63, 3.8) is 0 Å². The van der Waals surface area contributed by atoms with Crippen molar-refractivity contribution >= 4 is 6.09 Å². The van der Waals surface area contributed by atoms with Crippen LogP contribution in [0.25, 0.3) is 0 Å². The number of nitrogens with two attached hydrogens (primary N) is 1. The molecule has 2 N–H and O–H groups in total. The maximum Gasteiger partial charge on any atom is 0.410 e. The molecule has 112 valence electrons. The van der Waals surface area contributed by atoms with Crippen molar-refractivity contribution in [2.24, 2.45) is 12.8 Å². The second-order valence-corrected chi connectivity index (χ2v) is 6.55. The van der Waals surface area contributed by atoms with Crippen LogP contribution < -0.4 is 5.73 Å². The second kappa shape index (κ2) is 5.09. The van der Waals surface area contributed by atoms with Gasteiger partial charge in [-0.1, -0.05) is 0 Å². The maximum absolute atomic E-state index is 12.2. The van der Waals surface area contributed by atoms with Crippen molar-refractivity contribution in [1.29, 1.82) is 0 Å². The predicted molar refractivity (Wildman–Crippen MR) is 76.1 cm³/mol. The monoisotopic (exact) mass is 280 g/mol. The summed E-state index contributed by atoms with van der Waals surface area (Å²) in [6, 6.07) is 0. The Labute approximate surface area is 119 Å². The van der Waals surface area contributed by atoms with Crippen LogP contribution in [0.5, 0.6) is 0 Å². The number of carbonyl (C=O) groups excluding carboxylic acids is 1. The lowest BCUT2D eigenvalue weighted by atomic mass is 9.87. The molecule has 2 rings (SSSR count). The number of carbonyl (C=O) groups is 1. The van der Waals surface area contributed by atoms with Crippen LogP contribution in [0, 0.1) is 0 Å². The molecule has 0 saturated carbocycles. The Balaban J connectivity index is 2.13. The van der Waals surface area contributed by atoms with Gasteiger partial charge in [0.05, 0.1) is 23.8 Å². The van der Waals surface area contributed by atoms with E-state index in [9.17, 15) is 4.79 Å². The normalized spacial score (nSPS) is 23.8. The Bertz CT molecular complexity index is 492. The number of aromatic nitrogens is 2. The summed E-state index contributed by atoms with van der Waals surface area (Å²) in [5.74, 6) is 0. The SMILES string of the molecule is Cn1cncc1C1(N)CCCN(C(=O)OC(C)(C)C)C1. The fourth-order valence-corrected chi connectivity index (χ4v) is 2.61. The summed E-state index contributed by atoms with van der Waals surface area (Å²) in [5.41, 5.74) is 6.41. The molecule has 1 aliphatic heterocycles. The first-order valence-corrected chi connectivity index (χ1v) is 6.95. The van der Waals surface area contributed by atoms with E-state index >= 15 is 0 Å². The standard InChI is InChI=1S/C14H24N4O2/c1-13(2,3)20-12(19)18-7-5-6-14(15,9-18)11-8-16-10-17(11)4/h8,10H,5-7,9,15H2,1-4H3. The third-order valence-electron chi connectivity index (χ3n) is 3.50. The smallest absolute Gasteiger partial charge is 0.410 e. The maximum atomic E-state index is 12.2. The summed E-state index contributed by atoms with van der Waals surface area (Å²) in [6.45, 7) is 6.75. The van der Waals surface area contributed by atoms with Gasteiger partial charge in [0.25, 0.3) is 0 Å². The fourth-order valence-electron chi connectivity index (χ4n) is 2.61. The average molecular weight is 280 g/mol. The molecule has 6 heteroatoms. The van der Waals surface area contributed by atoms with E-state index in [4.69, 9.17) is 10.5 Å². The van der Waals surface area contributed by atoms with Gasteiger partial charge in [0.2, 0.25) is 0 Å². The zero-order valence-corrected chi connectivity index (χ0v) is 12.7. The molecule has 2 heterocycles. The van der Waals surface area contributed by atoms with Gasteiger partial charge in [0.15, 0.2) is 0 Å². The van der Waals surface area contributed by atoms with E-state index in [0.717, 1.165) is 18.5 Å². The minimum absolute atomic E-state index is 0.297. The van der Waals surface area contributed by atoms with E-state index in [0.29, 0.717) is 13.1 Å². The molecule has 1 aromatic heterocycles. The largest absolute Gasteiger partial charge is 0.444 e. The van der Waals surface area contributed by atoms with Crippen LogP contribution in [0.15, 0.2) is 12.5 Å². The molecule has 1 atom stereocenters. The summed E-state index contributed by atoms with van der Waals surface area (Å²) < 4.78 is 7.34. The minimum Gasteiger partial charge on any atom is -0.444 e. The van der Waals surface area contributed by atoms with Crippen LogP contribution in [0.2, 0.25) is 0 Å². The summed E-state index contributed by atoms with van der Waals surface area (Å²) in [7, 11) is 1.92. The molecule has 0 bridgehead atoms. The summed E-state index contributed by atoms with van der Waals surface area (Å²) in [6.07, 6.45) is 4.91. The molecule has 0 radical (unpaired) electrons. The number of hydrogen-bond donors (Lipinski definition) is 1. The van der Waals surface area contributed by atoms with E-state index in [1.165, 1.54) is 0 Å². The van der Waals surface area contributed by atoms with Gasteiger partial charge in [-0.25, -0.2) is 9.78 Å². The highest BCUT2D eigenvalue weighted by atomic mass is 16.6. The third kappa shape index (κ3) is 3.12. The van der Waals surface area contributed by atoms with Gasteiger partial charge < -0.3 is 19.9 Å². The number of amides is 1. The fraction of sp³-hybridized carbons (Fsp3) is 0.714. The third-order valence-corrected chi connectivity index (χ3v) is 3.50. The number of ether oxygens (including phenoxy) is 1. The van der Waals surface area contributed by atoms with Crippen LogP contribution in [-0.4, -0.2) is 39.2 Å². The summed E-state index contributed by atoms with van der Waals surface area (Å²) >= 11 is 0. The average Bonchev–Trinajstić information content (AvgIpc) is 2.74. The molecule has 20 heavy (non-hydrogen) atoms. The quantitative estimate of drug-likeness (QED) is 0.848. The zero-order chi connectivity index (χ0) is 15.0. The van der Waals surface area contributed by atoms with Gasteiger partial charge in [-0.15, -0.1) is 0 Å². The van der Waals surface area contributed by atoms with E-state index in [2.05, 4.69) is 4.98 Å². The molecule has 1 aliphatic rings. The molecule has 1 fully saturated rings. The van der Waals surface area contributed by atoms with Gasteiger partial charge in [0, 0.05) is 20.1 Å². The number of aryl methyl sites for hydroxylation is 1. The first-order chi connectivity index (χ1) is 9.21. The van der Waals surface area contributed by atoms with Crippen molar-refractivity contribution in [2.75, 3.05) is 13.1 Å². The summed E-state index contributed by atoms with van der Waals surface area (Å²) in [5, 5.41) is 0. The lowest BCUT2D eigenvalue weighted by Gasteiger charge is -2.40. The van der Waals surface area contributed by atoms with Crippen molar-refractivity contribution in [3.05, 3.63) is 18.2 Å². The number of imidazole rings is 1. The first kappa shape index (κ1) is 14.8. The molecule has 1 amide bonds. The molecule has 6 nitrogen and oxygen atoms in total. The highest BCUT2D eigenvalue weighted by molar-refractivity contribution is 5.68. The van der Waals surface area contributed by atoms with Gasteiger partial charge in [0.1, 0.15) is 5.60 Å². The first-order valence-electron chi connectivity index (χ1n) is 6.95. The van der Waals surface area contributed by atoms with Crippen molar-refractivity contribution in [3.8, 4) is 0 Å². The number of piperidine rings is 1. The van der Waals surface area contributed by atoms with E-state index in [1.807, 2.05) is 32.4 Å². The van der Waals surface area contributed by atoms with Gasteiger partial charge >= 0.3 is 6.09 Å². The topological polar surface area (TPSA) is 73.4 Å². The molecule has 1 saturated heterocycles. The molecular formula is C14H24N4O2. The van der Waals surface area contributed by atoms with Crippen LogP contribution in [0.1, 0.15) is 39.3 Å². The van der Waals surface area contributed by atoms with Crippen molar-refractivity contribution < 1.29 is 9.53 Å². The molecule has 1 unspecified atom stereocenters. The van der Waals surface area contributed by atoms with Crippen molar-refractivity contribution in [2.45, 2.75) is 44.8 Å². The van der Waals surface area contributed by atoms with Crippen LogP contribution in [0.3, 0.4) is 0 Å². The predicted octanol–water partition coefficient (Wildman–Crippen LogP) is 1.60. The lowest BCUT2D eigenvalue weighted by molar-refractivity contribution is 0.0132. The van der Waals surface area contributed by atoms with E-state index in [-0.39, 0.29) is 6.09 Å². The van der Waals surface area contributed by atoms with E-state index < -0.39 is 11.1 Å². The Morgan fingerprint density at radius 3 is 2.75 bits per heavy atom. The molecule has 0 spiro atoms.